The SMILES string of the molecule is O=C(N/N=C\c1c(O)ccc2ccccc12)c1cc(-c2ccc(Cl)cc2)n[nH]1. The molecule has 0 unspecified atom stereocenters. The van der Waals surface area contributed by atoms with Gasteiger partial charge in [0.25, 0.3) is 5.91 Å². The van der Waals surface area contributed by atoms with Gasteiger partial charge in [-0.2, -0.15) is 10.2 Å². The Hall–Kier alpha value is -3.64. The van der Waals surface area contributed by atoms with E-state index in [2.05, 4.69) is 20.7 Å². The number of aromatic amines is 1. The summed E-state index contributed by atoms with van der Waals surface area (Å²) >= 11 is 5.88. The molecule has 0 bridgehead atoms. The van der Waals surface area contributed by atoms with E-state index in [0.717, 1.165) is 16.3 Å². The second kappa shape index (κ2) is 7.54. The molecule has 0 saturated carbocycles. The molecule has 0 fully saturated rings. The summed E-state index contributed by atoms with van der Waals surface area (Å²) in [4.78, 5) is 12.3. The molecular formula is C21H15ClN4O2. The Morgan fingerprint density at radius 1 is 1.11 bits per heavy atom. The first-order valence-corrected chi connectivity index (χ1v) is 8.85. The van der Waals surface area contributed by atoms with E-state index < -0.39 is 5.91 Å². The minimum absolute atomic E-state index is 0.0864. The number of hydrogen-bond acceptors (Lipinski definition) is 4. The molecule has 0 atom stereocenters. The van der Waals surface area contributed by atoms with Crippen LogP contribution in [0.2, 0.25) is 5.02 Å². The van der Waals surface area contributed by atoms with Crippen molar-refractivity contribution in [2.75, 3.05) is 0 Å². The highest BCUT2D eigenvalue weighted by molar-refractivity contribution is 6.30. The lowest BCUT2D eigenvalue weighted by atomic mass is 10.0. The van der Waals surface area contributed by atoms with Crippen LogP contribution >= 0.6 is 11.6 Å². The van der Waals surface area contributed by atoms with E-state index in [-0.39, 0.29) is 11.4 Å². The fraction of sp³-hybridized carbons (Fsp3) is 0. The molecule has 0 aliphatic rings. The number of H-pyrrole nitrogens is 1. The molecule has 1 aromatic heterocycles. The summed E-state index contributed by atoms with van der Waals surface area (Å²) in [6.07, 6.45) is 1.42. The van der Waals surface area contributed by atoms with Crippen LogP contribution in [0.1, 0.15) is 16.1 Å². The fourth-order valence-electron chi connectivity index (χ4n) is 2.84. The molecule has 1 amide bonds. The number of halogens is 1. The third-order valence-corrected chi connectivity index (χ3v) is 4.52. The lowest BCUT2D eigenvalue weighted by Gasteiger charge is -2.04. The molecule has 3 aromatic carbocycles. The zero-order valence-electron chi connectivity index (χ0n) is 14.6. The molecule has 6 nitrogen and oxygen atoms in total. The number of nitrogens with one attached hydrogen (secondary N) is 2. The molecule has 3 N–H and O–H groups in total. The van der Waals surface area contributed by atoms with Crippen molar-refractivity contribution in [2.24, 2.45) is 5.10 Å². The third-order valence-electron chi connectivity index (χ3n) is 4.27. The molecule has 0 saturated heterocycles. The zero-order valence-corrected chi connectivity index (χ0v) is 15.3. The number of fused-ring (bicyclic) bond motifs is 1. The molecule has 0 radical (unpaired) electrons. The number of benzene rings is 3. The molecule has 138 valence electrons. The second-order valence-corrected chi connectivity index (χ2v) is 6.53. The summed E-state index contributed by atoms with van der Waals surface area (Å²) in [5, 5.41) is 23.3. The number of hydrogen-bond donors (Lipinski definition) is 3. The van der Waals surface area contributed by atoms with Crippen LogP contribution in [0.5, 0.6) is 5.75 Å². The van der Waals surface area contributed by atoms with Crippen LogP contribution < -0.4 is 5.43 Å². The normalized spacial score (nSPS) is 11.2. The monoisotopic (exact) mass is 390 g/mol. The Bertz CT molecular complexity index is 1180. The predicted molar refractivity (Wildman–Crippen MR) is 110 cm³/mol. The lowest BCUT2D eigenvalue weighted by molar-refractivity contribution is 0.0950. The maximum Gasteiger partial charge on any atom is 0.289 e. The number of carbonyl (C=O) groups excluding carboxylic acids is 1. The van der Waals surface area contributed by atoms with Crippen molar-refractivity contribution in [2.45, 2.75) is 0 Å². The molecule has 4 rings (SSSR count). The first kappa shape index (κ1) is 17.8. The van der Waals surface area contributed by atoms with E-state index in [1.54, 1.807) is 24.3 Å². The van der Waals surface area contributed by atoms with Gasteiger partial charge >= 0.3 is 0 Å². The second-order valence-electron chi connectivity index (χ2n) is 6.09. The average Bonchev–Trinajstić information content (AvgIpc) is 3.20. The maximum absolute atomic E-state index is 12.3. The Morgan fingerprint density at radius 3 is 2.71 bits per heavy atom. The van der Waals surface area contributed by atoms with Gasteiger partial charge in [0.1, 0.15) is 11.4 Å². The molecule has 1 heterocycles. The molecular weight excluding hydrogens is 376 g/mol. The smallest absolute Gasteiger partial charge is 0.289 e. The molecule has 4 aromatic rings. The molecule has 28 heavy (non-hydrogen) atoms. The minimum atomic E-state index is -0.441. The van der Waals surface area contributed by atoms with E-state index in [1.807, 2.05) is 42.5 Å². The van der Waals surface area contributed by atoms with Crippen LogP contribution in [-0.4, -0.2) is 27.4 Å². The number of aromatic nitrogens is 2. The summed E-state index contributed by atoms with van der Waals surface area (Å²) in [6, 6.07) is 19.8. The number of amides is 1. The van der Waals surface area contributed by atoms with Gasteiger partial charge in [0.15, 0.2) is 0 Å². The topological polar surface area (TPSA) is 90.4 Å². The Balaban J connectivity index is 1.51. The van der Waals surface area contributed by atoms with Gasteiger partial charge in [-0.3, -0.25) is 9.89 Å². The number of rotatable bonds is 4. The molecule has 7 heteroatoms. The van der Waals surface area contributed by atoms with Crippen molar-refractivity contribution in [3.8, 4) is 17.0 Å². The summed E-state index contributed by atoms with van der Waals surface area (Å²) in [5.41, 5.74) is 4.70. The lowest BCUT2D eigenvalue weighted by Crippen LogP contribution is -2.18. The Labute approximate surface area is 165 Å². The van der Waals surface area contributed by atoms with Crippen LogP contribution in [0, 0.1) is 0 Å². The summed E-state index contributed by atoms with van der Waals surface area (Å²) < 4.78 is 0. The summed E-state index contributed by atoms with van der Waals surface area (Å²) in [5.74, 6) is -0.355. The quantitative estimate of drug-likeness (QED) is 0.357. The van der Waals surface area contributed by atoms with Crippen molar-refractivity contribution in [1.29, 1.82) is 0 Å². The van der Waals surface area contributed by atoms with Gasteiger partial charge in [-0.05, 0) is 35.0 Å². The summed E-state index contributed by atoms with van der Waals surface area (Å²) in [7, 11) is 0. The van der Waals surface area contributed by atoms with E-state index in [0.29, 0.717) is 16.3 Å². The van der Waals surface area contributed by atoms with Crippen molar-refractivity contribution in [1.82, 2.24) is 15.6 Å². The van der Waals surface area contributed by atoms with Crippen LogP contribution in [0.15, 0.2) is 71.8 Å². The van der Waals surface area contributed by atoms with E-state index in [4.69, 9.17) is 11.6 Å². The highest BCUT2D eigenvalue weighted by atomic mass is 35.5. The Morgan fingerprint density at radius 2 is 1.89 bits per heavy atom. The van der Waals surface area contributed by atoms with Gasteiger partial charge in [0.05, 0.1) is 11.9 Å². The third kappa shape index (κ3) is 3.58. The Kier molecular flexibility index (Phi) is 4.78. The first-order valence-electron chi connectivity index (χ1n) is 8.47. The highest BCUT2D eigenvalue weighted by Crippen LogP contribution is 2.25. The number of hydrazone groups is 1. The van der Waals surface area contributed by atoms with Crippen LogP contribution in [0.4, 0.5) is 0 Å². The van der Waals surface area contributed by atoms with Crippen molar-refractivity contribution in [3.05, 3.63) is 83.0 Å². The van der Waals surface area contributed by atoms with Gasteiger partial charge in [0, 0.05) is 16.1 Å². The molecule has 0 aliphatic heterocycles. The fourth-order valence-corrected chi connectivity index (χ4v) is 2.97. The van der Waals surface area contributed by atoms with Crippen LogP contribution in [0.25, 0.3) is 22.0 Å². The maximum atomic E-state index is 12.3. The van der Waals surface area contributed by atoms with E-state index >= 15 is 0 Å². The molecule has 0 aliphatic carbocycles. The van der Waals surface area contributed by atoms with E-state index in [1.165, 1.54) is 6.21 Å². The van der Waals surface area contributed by atoms with Gasteiger partial charge in [0.2, 0.25) is 0 Å². The summed E-state index contributed by atoms with van der Waals surface area (Å²) in [6.45, 7) is 0. The predicted octanol–water partition coefficient (Wildman–Crippen LogP) is 4.35. The average molecular weight is 391 g/mol. The van der Waals surface area contributed by atoms with Crippen molar-refractivity contribution in [3.63, 3.8) is 0 Å². The van der Waals surface area contributed by atoms with Crippen molar-refractivity contribution < 1.29 is 9.90 Å². The number of aromatic hydroxyl groups is 1. The largest absolute Gasteiger partial charge is 0.507 e. The van der Waals surface area contributed by atoms with Gasteiger partial charge in [-0.1, -0.05) is 54.1 Å². The number of phenolic OH excluding ortho intramolecular Hbond substituents is 1. The highest BCUT2D eigenvalue weighted by Gasteiger charge is 2.11. The molecule has 0 spiro atoms. The number of phenols is 1. The van der Waals surface area contributed by atoms with Gasteiger partial charge in [-0.25, -0.2) is 5.43 Å². The van der Waals surface area contributed by atoms with Crippen LogP contribution in [0.3, 0.4) is 0 Å². The standard InChI is InChI=1S/C21H15ClN4O2/c22-15-8-5-14(6-9-15)18-11-19(25-24-18)21(28)26-23-12-17-16-4-2-1-3-13(16)7-10-20(17)27/h1-12,27H,(H,24,25)(H,26,28)/b23-12-. The van der Waals surface area contributed by atoms with Crippen molar-refractivity contribution >= 4 is 34.5 Å². The van der Waals surface area contributed by atoms with Gasteiger partial charge in [-0.15, -0.1) is 0 Å². The van der Waals surface area contributed by atoms with E-state index in [9.17, 15) is 9.90 Å². The first-order chi connectivity index (χ1) is 13.6. The minimum Gasteiger partial charge on any atom is -0.507 e. The van der Waals surface area contributed by atoms with Crippen LogP contribution in [-0.2, 0) is 0 Å². The number of nitrogens with zero attached hydrogens (tertiary/aromatic N) is 2. The number of carbonyl (C=O) groups is 1. The van der Waals surface area contributed by atoms with Gasteiger partial charge < -0.3 is 5.11 Å². The zero-order chi connectivity index (χ0) is 19.5.